The number of carbonyl (C=O) groups is 1. The van der Waals surface area contributed by atoms with E-state index in [9.17, 15) is 4.79 Å². The highest BCUT2D eigenvalue weighted by atomic mass is 16.1. The third-order valence-electron chi connectivity index (χ3n) is 1.76. The van der Waals surface area contributed by atoms with Crippen molar-refractivity contribution in [3.63, 3.8) is 0 Å². The molecule has 2 heteroatoms. The Kier molecular flexibility index (Phi) is 4.92. The molecule has 0 aliphatic rings. The van der Waals surface area contributed by atoms with E-state index in [1.54, 1.807) is 0 Å². The topological polar surface area (TPSA) is 43.1 Å². The normalized spacial score (nSPS) is 13.5. The third-order valence-corrected chi connectivity index (χ3v) is 1.76. The van der Waals surface area contributed by atoms with Gasteiger partial charge in [-0.15, -0.1) is 0 Å². The first-order chi connectivity index (χ1) is 5.02. The molecule has 0 saturated heterocycles. The summed E-state index contributed by atoms with van der Waals surface area (Å²) in [5.41, 5.74) is 5.03. The first-order valence-corrected chi connectivity index (χ1v) is 4.30. The zero-order valence-electron chi connectivity index (χ0n) is 7.76. The largest absolute Gasteiger partial charge is 0.370 e. The SMILES string of the molecule is CC(C)CC(C)CCC(N)=O. The minimum absolute atomic E-state index is 0.180. The van der Waals surface area contributed by atoms with Crippen LogP contribution in [0.1, 0.15) is 40.0 Å². The second-order valence-corrected chi connectivity index (χ2v) is 3.74. The van der Waals surface area contributed by atoms with E-state index in [0.29, 0.717) is 12.3 Å². The van der Waals surface area contributed by atoms with E-state index in [4.69, 9.17) is 5.73 Å². The number of primary amides is 1. The van der Waals surface area contributed by atoms with Crippen molar-refractivity contribution in [1.82, 2.24) is 0 Å². The fourth-order valence-corrected chi connectivity index (χ4v) is 1.31. The van der Waals surface area contributed by atoms with Crippen LogP contribution < -0.4 is 5.73 Å². The monoisotopic (exact) mass is 157 g/mol. The molecule has 0 aromatic rings. The molecular formula is C9H19NO. The van der Waals surface area contributed by atoms with Gasteiger partial charge in [-0.3, -0.25) is 4.79 Å². The molecule has 0 rings (SSSR count). The third kappa shape index (κ3) is 7.37. The van der Waals surface area contributed by atoms with Crippen LogP contribution in [-0.4, -0.2) is 5.91 Å². The summed E-state index contributed by atoms with van der Waals surface area (Å²) in [6.07, 6.45) is 2.66. The molecule has 0 saturated carbocycles. The lowest BCUT2D eigenvalue weighted by molar-refractivity contribution is -0.118. The van der Waals surface area contributed by atoms with Gasteiger partial charge in [0.05, 0.1) is 0 Å². The van der Waals surface area contributed by atoms with E-state index in [1.807, 2.05) is 0 Å². The zero-order chi connectivity index (χ0) is 8.85. The van der Waals surface area contributed by atoms with Gasteiger partial charge in [-0.05, 0) is 24.7 Å². The Balaban J connectivity index is 3.37. The van der Waals surface area contributed by atoms with Gasteiger partial charge in [0.2, 0.25) is 5.91 Å². The van der Waals surface area contributed by atoms with Crippen molar-refractivity contribution in [3.05, 3.63) is 0 Å². The predicted octanol–water partition coefficient (Wildman–Crippen LogP) is 1.93. The maximum Gasteiger partial charge on any atom is 0.217 e. The average Bonchev–Trinajstić information content (AvgIpc) is 1.82. The molecule has 1 unspecified atom stereocenters. The molecule has 0 aromatic carbocycles. The zero-order valence-corrected chi connectivity index (χ0v) is 7.76. The first kappa shape index (κ1) is 10.5. The van der Waals surface area contributed by atoms with Crippen molar-refractivity contribution in [3.8, 4) is 0 Å². The van der Waals surface area contributed by atoms with Crippen molar-refractivity contribution in [2.75, 3.05) is 0 Å². The maximum absolute atomic E-state index is 10.4. The Morgan fingerprint density at radius 3 is 2.27 bits per heavy atom. The van der Waals surface area contributed by atoms with E-state index in [2.05, 4.69) is 20.8 Å². The number of hydrogen-bond donors (Lipinski definition) is 1. The molecule has 1 amide bonds. The van der Waals surface area contributed by atoms with Crippen molar-refractivity contribution >= 4 is 5.91 Å². The summed E-state index contributed by atoms with van der Waals surface area (Å²) in [6, 6.07) is 0. The summed E-state index contributed by atoms with van der Waals surface area (Å²) in [6.45, 7) is 6.56. The molecule has 11 heavy (non-hydrogen) atoms. The molecule has 0 heterocycles. The highest BCUT2D eigenvalue weighted by molar-refractivity contribution is 5.73. The summed E-state index contributed by atoms with van der Waals surface area (Å²) in [7, 11) is 0. The van der Waals surface area contributed by atoms with Gasteiger partial charge < -0.3 is 5.73 Å². The van der Waals surface area contributed by atoms with Crippen molar-refractivity contribution in [2.45, 2.75) is 40.0 Å². The predicted molar refractivity (Wildman–Crippen MR) is 47.0 cm³/mol. The molecule has 2 N–H and O–H groups in total. The molecule has 0 aliphatic carbocycles. The number of hydrogen-bond acceptors (Lipinski definition) is 1. The van der Waals surface area contributed by atoms with Gasteiger partial charge in [-0.2, -0.15) is 0 Å². The molecule has 0 bridgehead atoms. The Bertz CT molecular complexity index is 121. The Morgan fingerprint density at radius 2 is 1.91 bits per heavy atom. The van der Waals surface area contributed by atoms with E-state index in [0.717, 1.165) is 12.3 Å². The van der Waals surface area contributed by atoms with E-state index in [-0.39, 0.29) is 5.91 Å². The first-order valence-electron chi connectivity index (χ1n) is 4.30. The van der Waals surface area contributed by atoms with Crippen LogP contribution in [-0.2, 0) is 4.79 Å². The molecule has 0 spiro atoms. The summed E-state index contributed by atoms with van der Waals surface area (Å²) >= 11 is 0. The lowest BCUT2D eigenvalue weighted by Crippen LogP contribution is -2.12. The van der Waals surface area contributed by atoms with Gasteiger partial charge in [-0.1, -0.05) is 20.8 Å². The molecular weight excluding hydrogens is 138 g/mol. The second-order valence-electron chi connectivity index (χ2n) is 3.74. The van der Waals surface area contributed by atoms with Gasteiger partial charge in [0.1, 0.15) is 0 Å². The Hall–Kier alpha value is -0.530. The lowest BCUT2D eigenvalue weighted by atomic mass is 9.95. The van der Waals surface area contributed by atoms with Gasteiger partial charge in [0, 0.05) is 6.42 Å². The van der Waals surface area contributed by atoms with Crippen LogP contribution in [0.3, 0.4) is 0 Å². The van der Waals surface area contributed by atoms with Gasteiger partial charge in [-0.25, -0.2) is 0 Å². The van der Waals surface area contributed by atoms with Gasteiger partial charge >= 0.3 is 0 Å². The average molecular weight is 157 g/mol. The van der Waals surface area contributed by atoms with E-state index >= 15 is 0 Å². The summed E-state index contributed by atoms with van der Waals surface area (Å²) < 4.78 is 0. The Labute approximate surface area is 69.2 Å². The van der Waals surface area contributed by atoms with Crippen molar-refractivity contribution < 1.29 is 4.79 Å². The minimum Gasteiger partial charge on any atom is -0.370 e. The lowest BCUT2D eigenvalue weighted by Gasteiger charge is -2.11. The van der Waals surface area contributed by atoms with Crippen molar-refractivity contribution in [2.24, 2.45) is 17.6 Å². The van der Waals surface area contributed by atoms with Crippen LogP contribution in [0.15, 0.2) is 0 Å². The highest BCUT2D eigenvalue weighted by Crippen LogP contribution is 2.15. The fourth-order valence-electron chi connectivity index (χ4n) is 1.31. The summed E-state index contributed by atoms with van der Waals surface area (Å²) in [5, 5.41) is 0. The summed E-state index contributed by atoms with van der Waals surface area (Å²) in [5.74, 6) is 1.17. The molecule has 2 nitrogen and oxygen atoms in total. The minimum atomic E-state index is -0.180. The summed E-state index contributed by atoms with van der Waals surface area (Å²) in [4.78, 5) is 10.4. The molecule has 1 atom stereocenters. The van der Waals surface area contributed by atoms with Crippen LogP contribution in [0, 0.1) is 11.8 Å². The second kappa shape index (κ2) is 5.16. The smallest absolute Gasteiger partial charge is 0.217 e. The van der Waals surface area contributed by atoms with Crippen LogP contribution in [0.25, 0.3) is 0 Å². The van der Waals surface area contributed by atoms with E-state index < -0.39 is 0 Å². The molecule has 0 fully saturated rings. The number of nitrogens with two attached hydrogens (primary N) is 1. The highest BCUT2D eigenvalue weighted by Gasteiger charge is 2.05. The van der Waals surface area contributed by atoms with E-state index in [1.165, 1.54) is 6.42 Å². The maximum atomic E-state index is 10.4. The van der Waals surface area contributed by atoms with Crippen LogP contribution in [0.4, 0.5) is 0 Å². The van der Waals surface area contributed by atoms with Gasteiger partial charge in [0.25, 0.3) is 0 Å². The number of amides is 1. The molecule has 66 valence electrons. The number of rotatable bonds is 5. The Morgan fingerprint density at radius 1 is 1.36 bits per heavy atom. The fraction of sp³-hybridized carbons (Fsp3) is 0.889. The number of carbonyl (C=O) groups excluding carboxylic acids is 1. The van der Waals surface area contributed by atoms with Crippen molar-refractivity contribution in [1.29, 1.82) is 0 Å². The molecule has 0 aliphatic heterocycles. The molecule has 0 aromatic heterocycles. The van der Waals surface area contributed by atoms with Crippen LogP contribution >= 0.6 is 0 Å². The van der Waals surface area contributed by atoms with Crippen LogP contribution in [0.5, 0.6) is 0 Å². The molecule has 0 radical (unpaired) electrons. The standard InChI is InChI=1S/C9H19NO/c1-7(2)6-8(3)4-5-9(10)11/h7-8H,4-6H2,1-3H3,(H2,10,11). The quantitative estimate of drug-likeness (QED) is 0.651. The van der Waals surface area contributed by atoms with Gasteiger partial charge in [0.15, 0.2) is 0 Å². The van der Waals surface area contributed by atoms with Crippen LogP contribution in [0.2, 0.25) is 0 Å².